The molecule has 2 fully saturated rings. The van der Waals surface area contributed by atoms with Gasteiger partial charge in [0.1, 0.15) is 12.2 Å². The first-order chi connectivity index (χ1) is 9.96. The van der Waals surface area contributed by atoms with Crippen molar-refractivity contribution in [2.45, 2.75) is 44.3 Å². The number of amides is 2. The normalized spacial score (nSPS) is 23.8. The maximum absolute atomic E-state index is 11.8. The van der Waals surface area contributed by atoms with Crippen LogP contribution in [0.5, 0.6) is 0 Å². The predicted octanol–water partition coefficient (Wildman–Crippen LogP) is 0.651. The summed E-state index contributed by atoms with van der Waals surface area (Å²) in [6, 6.07) is 0. The Labute approximate surface area is 126 Å². The Kier molecular flexibility index (Phi) is 5.22. The summed E-state index contributed by atoms with van der Waals surface area (Å²) in [5.74, 6) is 0.182. The van der Waals surface area contributed by atoms with E-state index in [2.05, 4.69) is 0 Å². The highest BCUT2D eigenvalue weighted by molar-refractivity contribution is 5.77. The number of likely N-dealkylation sites (tertiary alicyclic amines) is 1. The first-order valence-corrected chi connectivity index (χ1v) is 7.69. The molecule has 0 radical (unpaired) electrons. The zero-order valence-electron chi connectivity index (χ0n) is 13.3. The van der Waals surface area contributed by atoms with Crippen molar-refractivity contribution in [3.8, 4) is 0 Å². The van der Waals surface area contributed by atoms with Gasteiger partial charge in [0.2, 0.25) is 11.8 Å². The van der Waals surface area contributed by atoms with Crippen molar-refractivity contribution in [3.63, 3.8) is 0 Å². The van der Waals surface area contributed by atoms with Crippen LogP contribution < -0.4 is 0 Å². The van der Waals surface area contributed by atoms with Crippen LogP contribution >= 0.6 is 0 Å². The maximum Gasteiger partial charge on any atom is 0.248 e. The van der Waals surface area contributed by atoms with Crippen LogP contribution in [0.4, 0.5) is 0 Å². The fraction of sp³-hybridized carbons (Fsp3) is 0.867. The van der Waals surface area contributed by atoms with Crippen LogP contribution in [0.2, 0.25) is 0 Å². The molecule has 1 spiro atoms. The van der Waals surface area contributed by atoms with E-state index in [9.17, 15) is 9.59 Å². The van der Waals surface area contributed by atoms with Crippen LogP contribution in [0.15, 0.2) is 0 Å². The molecule has 21 heavy (non-hydrogen) atoms. The molecule has 0 saturated carbocycles. The zero-order valence-corrected chi connectivity index (χ0v) is 13.3. The lowest BCUT2D eigenvalue weighted by Crippen LogP contribution is -2.67. The third kappa shape index (κ3) is 3.95. The third-order valence-corrected chi connectivity index (χ3v) is 4.16. The molecule has 0 N–H and O–H groups in total. The summed E-state index contributed by atoms with van der Waals surface area (Å²) < 4.78 is 11.6. The molecule has 2 rings (SSSR count). The number of rotatable bonds is 5. The van der Waals surface area contributed by atoms with E-state index in [1.807, 2.05) is 11.8 Å². The standard InChI is InChI=1S/C15H26N2O4/c1-4-5-13(18)17-10-15(11-17)8-12(6-7-21-15)20-9-14(19)16(2)3/h12H,4-11H2,1-3H3/t12-/m0/s1. The second-order valence-electron chi connectivity index (χ2n) is 6.25. The molecule has 0 aromatic heterocycles. The van der Waals surface area contributed by atoms with Gasteiger partial charge in [-0.05, 0) is 12.8 Å². The van der Waals surface area contributed by atoms with Crippen molar-refractivity contribution >= 4 is 11.8 Å². The van der Waals surface area contributed by atoms with E-state index < -0.39 is 0 Å². The number of carbonyl (C=O) groups excluding carboxylic acids is 2. The van der Waals surface area contributed by atoms with Crippen molar-refractivity contribution in [3.05, 3.63) is 0 Å². The number of ether oxygens (including phenoxy) is 2. The van der Waals surface area contributed by atoms with Crippen molar-refractivity contribution in [1.29, 1.82) is 0 Å². The Morgan fingerprint density at radius 3 is 2.71 bits per heavy atom. The molecule has 2 amide bonds. The highest BCUT2D eigenvalue weighted by Crippen LogP contribution is 2.35. The average molecular weight is 298 g/mol. The maximum atomic E-state index is 11.8. The molecule has 2 aliphatic heterocycles. The Morgan fingerprint density at radius 1 is 1.38 bits per heavy atom. The number of likely N-dealkylation sites (N-methyl/N-ethyl adjacent to an activating group) is 1. The molecule has 0 aromatic carbocycles. The van der Waals surface area contributed by atoms with Crippen molar-refractivity contribution < 1.29 is 19.1 Å². The molecule has 6 nitrogen and oxygen atoms in total. The summed E-state index contributed by atoms with van der Waals surface area (Å²) in [5, 5.41) is 0. The van der Waals surface area contributed by atoms with Gasteiger partial charge in [-0.3, -0.25) is 9.59 Å². The van der Waals surface area contributed by atoms with E-state index >= 15 is 0 Å². The van der Waals surface area contributed by atoms with E-state index in [4.69, 9.17) is 9.47 Å². The summed E-state index contributed by atoms with van der Waals surface area (Å²) in [6.45, 7) is 4.08. The van der Waals surface area contributed by atoms with Crippen molar-refractivity contribution in [2.75, 3.05) is 40.4 Å². The monoisotopic (exact) mass is 298 g/mol. The molecule has 120 valence electrons. The summed E-state index contributed by atoms with van der Waals surface area (Å²) in [5.41, 5.74) is -0.243. The summed E-state index contributed by atoms with van der Waals surface area (Å²) in [6.07, 6.45) is 3.11. The van der Waals surface area contributed by atoms with E-state index in [1.54, 1.807) is 14.1 Å². The molecule has 0 aliphatic carbocycles. The van der Waals surface area contributed by atoms with Gasteiger partial charge in [-0.15, -0.1) is 0 Å². The highest BCUT2D eigenvalue weighted by Gasteiger charge is 2.49. The van der Waals surface area contributed by atoms with E-state index in [0.717, 1.165) is 19.3 Å². The molecule has 0 aromatic rings. The van der Waals surface area contributed by atoms with Crippen LogP contribution in [0.25, 0.3) is 0 Å². The quantitative estimate of drug-likeness (QED) is 0.748. The molecule has 1 atom stereocenters. The minimum Gasteiger partial charge on any atom is -0.371 e. The molecule has 2 saturated heterocycles. The first-order valence-electron chi connectivity index (χ1n) is 7.69. The van der Waals surface area contributed by atoms with E-state index in [0.29, 0.717) is 26.1 Å². The van der Waals surface area contributed by atoms with Crippen LogP contribution in [0, 0.1) is 0 Å². The smallest absolute Gasteiger partial charge is 0.248 e. The molecular formula is C15H26N2O4. The lowest BCUT2D eigenvalue weighted by atomic mass is 9.84. The van der Waals surface area contributed by atoms with Gasteiger partial charge < -0.3 is 19.3 Å². The minimum absolute atomic E-state index is 0.0242. The van der Waals surface area contributed by atoms with Gasteiger partial charge in [-0.1, -0.05) is 6.92 Å². The average Bonchev–Trinajstić information content (AvgIpc) is 2.42. The predicted molar refractivity (Wildman–Crippen MR) is 77.8 cm³/mol. The molecule has 0 bridgehead atoms. The second-order valence-corrected chi connectivity index (χ2v) is 6.25. The molecule has 2 heterocycles. The SMILES string of the molecule is CCCC(=O)N1CC2(C[C@@H](OCC(=O)N(C)C)CCO2)C1. The molecule has 6 heteroatoms. The van der Waals surface area contributed by atoms with E-state index in [-0.39, 0.29) is 30.1 Å². The Hall–Kier alpha value is -1.14. The van der Waals surface area contributed by atoms with Gasteiger partial charge in [-0.25, -0.2) is 0 Å². The Bertz CT molecular complexity index is 391. The Morgan fingerprint density at radius 2 is 2.10 bits per heavy atom. The number of nitrogens with zero attached hydrogens (tertiary/aromatic N) is 2. The molecule has 2 aliphatic rings. The van der Waals surface area contributed by atoms with Crippen molar-refractivity contribution in [2.24, 2.45) is 0 Å². The van der Waals surface area contributed by atoms with Crippen LogP contribution in [-0.2, 0) is 19.1 Å². The van der Waals surface area contributed by atoms with Gasteiger partial charge in [-0.2, -0.15) is 0 Å². The topological polar surface area (TPSA) is 59.1 Å². The Balaban J connectivity index is 1.77. The van der Waals surface area contributed by atoms with Gasteiger partial charge in [0.25, 0.3) is 0 Å². The lowest BCUT2D eigenvalue weighted by Gasteiger charge is -2.53. The largest absolute Gasteiger partial charge is 0.371 e. The number of carbonyl (C=O) groups is 2. The van der Waals surface area contributed by atoms with Crippen molar-refractivity contribution in [1.82, 2.24) is 9.80 Å². The fourth-order valence-electron chi connectivity index (χ4n) is 2.86. The summed E-state index contributed by atoms with van der Waals surface area (Å²) in [7, 11) is 3.45. The number of hydrogen-bond acceptors (Lipinski definition) is 4. The van der Waals surface area contributed by atoms with Gasteiger partial charge in [0.05, 0.1) is 19.2 Å². The first kappa shape index (κ1) is 16.2. The summed E-state index contributed by atoms with van der Waals surface area (Å²) in [4.78, 5) is 26.8. The summed E-state index contributed by atoms with van der Waals surface area (Å²) >= 11 is 0. The zero-order chi connectivity index (χ0) is 15.5. The van der Waals surface area contributed by atoms with Gasteiger partial charge in [0.15, 0.2) is 0 Å². The fourth-order valence-corrected chi connectivity index (χ4v) is 2.86. The van der Waals surface area contributed by atoms with Crippen LogP contribution in [0.3, 0.4) is 0 Å². The molecular weight excluding hydrogens is 272 g/mol. The highest BCUT2D eigenvalue weighted by atomic mass is 16.5. The lowest BCUT2D eigenvalue weighted by molar-refractivity contribution is -0.201. The number of hydrogen-bond donors (Lipinski definition) is 0. The third-order valence-electron chi connectivity index (χ3n) is 4.16. The van der Waals surface area contributed by atoms with E-state index in [1.165, 1.54) is 4.90 Å². The van der Waals surface area contributed by atoms with Crippen LogP contribution in [0.1, 0.15) is 32.6 Å². The minimum atomic E-state index is -0.243. The molecule has 0 unspecified atom stereocenters. The second kappa shape index (κ2) is 6.75. The van der Waals surface area contributed by atoms with Crippen LogP contribution in [-0.4, -0.2) is 73.7 Å². The van der Waals surface area contributed by atoms with Gasteiger partial charge >= 0.3 is 0 Å². The van der Waals surface area contributed by atoms with Gasteiger partial charge in [0, 0.05) is 33.5 Å².